The van der Waals surface area contributed by atoms with Crippen LogP contribution in [0, 0.1) is 5.41 Å². The van der Waals surface area contributed by atoms with E-state index in [-0.39, 0.29) is 11.3 Å². The van der Waals surface area contributed by atoms with Gasteiger partial charge in [-0.3, -0.25) is 4.79 Å². The maximum atomic E-state index is 11.7. The molecule has 0 aromatic rings. The minimum atomic E-state index is -0.190. The minimum Gasteiger partial charge on any atom is -0.359 e. The summed E-state index contributed by atoms with van der Waals surface area (Å²) in [4.78, 5) is 13.8. The predicted molar refractivity (Wildman–Crippen MR) is 62.7 cm³/mol. The average Bonchev–Trinajstić information content (AvgIpc) is 2.20. The van der Waals surface area contributed by atoms with Gasteiger partial charge in [-0.25, -0.2) is 0 Å². The van der Waals surface area contributed by atoms with Gasteiger partial charge in [0.15, 0.2) is 0 Å². The summed E-state index contributed by atoms with van der Waals surface area (Å²) in [5.74, 6) is 0.169. The molecule has 3 nitrogen and oxygen atoms in total. The zero-order chi connectivity index (χ0) is 11.5. The van der Waals surface area contributed by atoms with Crippen LogP contribution in [0.4, 0.5) is 0 Å². The van der Waals surface area contributed by atoms with E-state index in [2.05, 4.69) is 37.3 Å². The van der Waals surface area contributed by atoms with Crippen LogP contribution in [0.5, 0.6) is 0 Å². The largest absolute Gasteiger partial charge is 0.359 e. The van der Waals surface area contributed by atoms with Crippen molar-refractivity contribution in [1.29, 1.82) is 0 Å². The molecule has 1 atom stereocenters. The fourth-order valence-corrected chi connectivity index (χ4v) is 2.07. The fraction of sp³-hybridized carbons (Fsp3) is 0.750. The van der Waals surface area contributed by atoms with Crippen LogP contribution in [0.15, 0.2) is 11.6 Å². The minimum absolute atomic E-state index is 0.169. The van der Waals surface area contributed by atoms with Crippen LogP contribution in [-0.2, 0) is 4.79 Å². The van der Waals surface area contributed by atoms with E-state index in [0.29, 0.717) is 0 Å². The first-order valence-corrected chi connectivity index (χ1v) is 5.53. The zero-order valence-electron chi connectivity index (χ0n) is 10.3. The Labute approximate surface area is 92.5 Å². The molecule has 0 bridgehead atoms. The van der Waals surface area contributed by atoms with Crippen molar-refractivity contribution in [1.82, 2.24) is 10.2 Å². The van der Waals surface area contributed by atoms with E-state index in [4.69, 9.17) is 0 Å². The molecule has 1 rings (SSSR count). The van der Waals surface area contributed by atoms with Gasteiger partial charge >= 0.3 is 0 Å². The van der Waals surface area contributed by atoms with Crippen molar-refractivity contribution in [2.24, 2.45) is 5.41 Å². The summed E-state index contributed by atoms with van der Waals surface area (Å²) >= 11 is 0. The van der Waals surface area contributed by atoms with Crippen LogP contribution in [0.2, 0.25) is 0 Å². The lowest BCUT2D eigenvalue weighted by Crippen LogP contribution is -2.38. The number of allylic oxidation sites excluding steroid dienone is 1. The summed E-state index contributed by atoms with van der Waals surface area (Å²) in [5.41, 5.74) is 1.27. The summed E-state index contributed by atoms with van der Waals surface area (Å²) in [6.45, 7) is 3.07. The van der Waals surface area contributed by atoms with E-state index in [1.807, 2.05) is 0 Å². The van der Waals surface area contributed by atoms with Crippen molar-refractivity contribution in [3.05, 3.63) is 11.6 Å². The van der Waals surface area contributed by atoms with Crippen molar-refractivity contribution in [2.75, 3.05) is 27.7 Å². The van der Waals surface area contributed by atoms with Crippen LogP contribution >= 0.6 is 0 Å². The maximum Gasteiger partial charge on any atom is 0.226 e. The quantitative estimate of drug-likeness (QED) is 0.714. The second kappa shape index (κ2) is 4.79. The van der Waals surface area contributed by atoms with E-state index < -0.39 is 0 Å². The molecule has 0 radical (unpaired) electrons. The van der Waals surface area contributed by atoms with Gasteiger partial charge in [0.25, 0.3) is 0 Å². The van der Waals surface area contributed by atoms with Crippen LogP contribution < -0.4 is 5.32 Å². The molecule has 1 amide bonds. The van der Waals surface area contributed by atoms with Gasteiger partial charge < -0.3 is 10.2 Å². The van der Waals surface area contributed by atoms with E-state index in [1.54, 1.807) is 7.05 Å². The van der Waals surface area contributed by atoms with Crippen molar-refractivity contribution in [2.45, 2.75) is 26.2 Å². The molecule has 0 aromatic carbocycles. The molecule has 0 spiro atoms. The first-order chi connectivity index (χ1) is 6.98. The van der Waals surface area contributed by atoms with Crippen LogP contribution in [0.25, 0.3) is 0 Å². The molecule has 0 saturated carbocycles. The van der Waals surface area contributed by atoms with Crippen molar-refractivity contribution < 1.29 is 4.79 Å². The number of likely N-dealkylation sites (N-methyl/N-ethyl adjacent to an activating group) is 1. The second-order valence-corrected chi connectivity index (χ2v) is 4.94. The summed E-state index contributed by atoms with van der Waals surface area (Å²) in [5, 5.41) is 2.75. The van der Waals surface area contributed by atoms with E-state index in [1.165, 1.54) is 5.57 Å². The lowest BCUT2D eigenvalue weighted by molar-refractivity contribution is -0.130. The molecule has 0 fully saturated rings. The molecule has 0 aromatic heterocycles. The lowest BCUT2D eigenvalue weighted by Gasteiger charge is -2.31. The van der Waals surface area contributed by atoms with Gasteiger partial charge in [0.1, 0.15) is 0 Å². The third kappa shape index (κ3) is 3.06. The lowest BCUT2D eigenvalue weighted by atomic mass is 9.76. The molecular weight excluding hydrogens is 188 g/mol. The number of hydrogen-bond acceptors (Lipinski definition) is 2. The Morgan fingerprint density at radius 3 is 2.67 bits per heavy atom. The van der Waals surface area contributed by atoms with E-state index in [9.17, 15) is 4.79 Å². The number of nitrogens with one attached hydrogen (secondary N) is 1. The molecule has 1 aliphatic carbocycles. The molecular formula is C12H22N2O. The third-order valence-corrected chi connectivity index (χ3v) is 3.13. The highest BCUT2D eigenvalue weighted by Crippen LogP contribution is 2.35. The Kier molecular flexibility index (Phi) is 3.91. The average molecular weight is 210 g/mol. The highest BCUT2D eigenvalue weighted by Gasteiger charge is 2.33. The molecule has 0 saturated heterocycles. The van der Waals surface area contributed by atoms with Gasteiger partial charge in [0.2, 0.25) is 5.91 Å². The van der Waals surface area contributed by atoms with Gasteiger partial charge in [0, 0.05) is 13.6 Å². The summed E-state index contributed by atoms with van der Waals surface area (Å²) in [6.07, 6.45) is 5.11. The molecule has 1 aliphatic rings. The highest BCUT2D eigenvalue weighted by molar-refractivity contribution is 5.82. The fourth-order valence-electron chi connectivity index (χ4n) is 2.07. The number of carbonyl (C=O) groups excluding carboxylic acids is 1. The Hall–Kier alpha value is -0.830. The van der Waals surface area contributed by atoms with E-state index in [0.717, 1.165) is 25.8 Å². The van der Waals surface area contributed by atoms with Crippen LogP contribution in [-0.4, -0.2) is 38.5 Å². The summed E-state index contributed by atoms with van der Waals surface area (Å²) < 4.78 is 0. The van der Waals surface area contributed by atoms with Gasteiger partial charge in [0.05, 0.1) is 5.41 Å². The van der Waals surface area contributed by atoms with Crippen molar-refractivity contribution in [3.8, 4) is 0 Å². The Bertz CT molecular complexity index is 271. The SMILES string of the molecule is CNC(=O)C1(C)CC=C(CN(C)C)CC1. The smallest absolute Gasteiger partial charge is 0.226 e. The Morgan fingerprint density at radius 2 is 2.27 bits per heavy atom. The first-order valence-electron chi connectivity index (χ1n) is 5.53. The topological polar surface area (TPSA) is 32.3 Å². The number of nitrogens with zero attached hydrogens (tertiary/aromatic N) is 1. The monoisotopic (exact) mass is 210 g/mol. The van der Waals surface area contributed by atoms with Crippen molar-refractivity contribution in [3.63, 3.8) is 0 Å². The second-order valence-electron chi connectivity index (χ2n) is 4.94. The maximum absolute atomic E-state index is 11.7. The summed E-state index contributed by atoms with van der Waals surface area (Å²) in [6, 6.07) is 0. The Morgan fingerprint density at radius 1 is 1.60 bits per heavy atom. The Balaban J connectivity index is 2.60. The van der Waals surface area contributed by atoms with Gasteiger partial charge in [-0.1, -0.05) is 18.6 Å². The molecule has 1 unspecified atom stereocenters. The molecule has 86 valence electrons. The number of amides is 1. The zero-order valence-corrected chi connectivity index (χ0v) is 10.3. The molecule has 0 heterocycles. The predicted octanol–water partition coefficient (Wildman–Crippen LogP) is 1.41. The summed E-state index contributed by atoms with van der Waals surface area (Å²) in [7, 11) is 5.87. The molecule has 3 heteroatoms. The third-order valence-electron chi connectivity index (χ3n) is 3.13. The van der Waals surface area contributed by atoms with Crippen molar-refractivity contribution >= 4 is 5.91 Å². The van der Waals surface area contributed by atoms with Gasteiger partial charge in [-0.2, -0.15) is 0 Å². The molecule has 0 aliphatic heterocycles. The van der Waals surface area contributed by atoms with Gasteiger partial charge in [-0.05, 0) is 33.4 Å². The first kappa shape index (κ1) is 12.2. The normalized spacial score (nSPS) is 26.3. The number of rotatable bonds is 3. The standard InChI is InChI=1S/C12H22N2O/c1-12(11(15)13-2)7-5-10(6-8-12)9-14(3)4/h5H,6-9H2,1-4H3,(H,13,15). The number of carbonyl (C=O) groups is 1. The molecule has 15 heavy (non-hydrogen) atoms. The van der Waals surface area contributed by atoms with Gasteiger partial charge in [-0.15, -0.1) is 0 Å². The highest BCUT2D eigenvalue weighted by atomic mass is 16.2. The van der Waals surface area contributed by atoms with Crippen LogP contribution in [0.1, 0.15) is 26.2 Å². The molecule has 1 N–H and O–H groups in total. The van der Waals surface area contributed by atoms with Crippen LogP contribution in [0.3, 0.4) is 0 Å². The number of hydrogen-bond donors (Lipinski definition) is 1. The van der Waals surface area contributed by atoms with E-state index >= 15 is 0 Å².